The highest BCUT2D eigenvalue weighted by Gasteiger charge is 2.21. The van der Waals surface area contributed by atoms with Gasteiger partial charge in [-0.2, -0.15) is 0 Å². The van der Waals surface area contributed by atoms with E-state index in [2.05, 4.69) is 25.3 Å². The smallest absolute Gasteiger partial charge is 0.250 e. The molecule has 1 aromatic heterocycles. The predicted octanol–water partition coefficient (Wildman–Crippen LogP) is 5.21. The number of halogens is 1. The van der Waals surface area contributed by atoms with E-state index in [1.807, 2.05) is 37.3 Å². The maximum atomic E-state index is 11.8. The second-order valence-electron chi connectivity index (χ2n) is 6.56. The number of primary amides is 1. The molecule has 0 aliphatic heterocycles. The number of carbonyl (C=O) groups excluding carboxylic acids is 1. The Balaban J connectivity index is 2.55. The summed E-state index contributed by atoms with van der Waals surface area (Å²) < 4.78 is 2.20. The normalized spacial score (nSPS) is 12.6. The van der Waals surface area contributed by atoms with Crippen LogP contribution in [0.1, 0.15) is 55.7 Å². The Hall–Kier alpha value is -1.74. The summed E-state index contributed by atoms with van der Waals surface area (Å²) in [7, 11) is 0. The molecule has 3 nitrogen and oxygen atoms in total. The third-order valence-corrected chi connectivity index (χ3v) is 4.64. The molecule has 0 saturated heterocycles. The van der Waals surface area contributed by atoms with Gasteiger partial charge < -0.3 is 10.3 Å². The van der Waals surface area contributed by atoms with Crippen LogP contribution in [0, 0.1) is 12.8 Å². The molecule has 1 aromatic carbocycles. The molecule has 2 rings (SSSR count). The van der Waals surface area contributed by atoms with Crippen molar-refractivity contribution in [2.75, 3.05) is 0 Å². The van der Waals surface area contributed by atoms with Crippen LogP contribution in [0.25, 0.3) is 11.3 Å². The van der Waals surface area contributed by atoms with E-state index < -0.39 is 5.91 Å². The lowest BCUT2D eigenvalue weighted by Crippen LogP contribution is -2.14. The van der Waals surface area contributed by atoms with Gasteiger partial charge in [0.2, 0.25) is 0 Å². The van der Waals surface area contributed by atoms with Crippen LogP contribution in [-0.2, 0) is 0 Å². The number of hydrogen-bond acceptors (Lipinski definition) is 1. The van der Waals surface area contributed by atoms with Gasteiger partial charge in [-0.05, 0) is 44.7 Å². The fourth-order valence-corrected chi connectivity index (χ4v) is 3.25. The van der Waals surface area contributed by atoms with Crippen LogP contribution in [-0.4, -0.2) is 10.5 Å². The molecule has 1 atom stereocenters. The lowest BCUT2D eigenvalue weighted by Gasteiger charge is -2.21. The van der Waals surface area contributed by atoms with E-state index >= 15 is 0 Å². The van der Waals surface area contributed by atoms with Crippen molar-refractivity contribution in [3.63, 3.8) is 0 Å². The molecule has 23 heavy (non-hydrogen) atoms. The van der Waals surface area contributed by atoms with Gasteiger partial charge in [-0.3, -0.25) is 4.79 Å². The van der Waals surface area contributed by atoms with Gasteiger partial charge in [0.25, 0.3) is 5.91 Å². The van der Waals surface area contributed by atoms with Gasteiger partial charge in [-0.25, -0.2) is 0 Å². The van der Waals surface area contributed by atoms with E-state index in [0.717, 1.165) is 29.8 Å². The fourth-order valence-electron chi connectivity index (χ4n) is 3.02. The summed E-state index contributed by atoms with van der Waals surface area (Å²) in [6.07, 6.45) is 2.18. The van der Waals surface area contributed by atoms with Crippen molar-refractivity contribution in [1.82, 2.24) is 4.57 Å². The Bertz CT molecular complexity index is 703. The van der Waals surface area contributed by atoms with Crippen LogP contribution in [0.5, 0.6) is 0 Å². The molecule has 1 heterocycles. The first-order chi connectivity index (χ1) is 10.8. The fraction of sp³-hybridized carbons (Fsp3) is 0.421. The van der Waals surface area contributed by atoms with Gasteiger partial charge in [0.1, 0.15) is 0 Å². The first-order valence-corrected chi connectivity index (χ1v) is 8.47. The SMILES string of the molecule is Cc1c(C(N)=O)cc(-c2ccccc2Cl)n1C(C)CCC(C)C. The molecule has 0 fully saturated rings. The zero-order valence-corrected chi connectivity index (χ0v) is 15.0. The molecule has 0 spiro atoms. The Morgan fingerprint density at radius 2 is 1.87 bits per heavy atom. The second-order valence-corrected chi connectivity index (χ2v) is 6.97. The van der Waals surface area contributed by atoms with Crippen molar-refractivity contribution < 1.29 is 4.79 Å². The number of hydrogen-bond donors (Lipinski definition) is 1. The topological polar surface area (TPSA) is 48.0 Å². The number of amides is 1. The highest BCUT2D eigenvalue weighted by atomic mass is 35.5. The third-order valence-electron chi connectivity index (χ3n) is 4.31. The lowest BCUT2D eigenvalue weighted by atomic mass is 10.0. The summed E-state index contributed by atoms with van der Waals surface area (Å²) in [5.41, 5.74) is 8.91. The van der Waals surface area contributed by atoms with Gasteiger partial charge in [-0.15, -0.1) is 0 Å². The van der Waals surface area contributed by atoms with E-state index in [1.54, 1.807) is 0 Å². The van der Waals surface area contributed by atoms with Gasteiger partial charge in [-0.1, -0.05) is 43.6 Å². The molecule has 0 saturated carbocycles. The summed E-state index contributed by atoms with van der Waals surface area (Å²) >= 11 is 6.37. The quantitative estimate of drug-likeness (QED) is 0.775. The molecule has 0 aliphatic rings. The average molecular weight is 333 g/mol. The maximum Gasteiger partial charge on any atom is 0.250 e. The third kappa shape index (κ3) is 3.78. The Labute approximate surface area is 143 Å². The van der Waals surface area contributed by atoms with Gasteiger partial charge >= 0.3 is 0 Å². The molecule has 2 N–H and O–H groups in total. The minimum Gasteiger partial charge on any atom is -0.366 e. The summed E-state index contributed by atoms with van der Waals surface area (Å²) in [4.78, 5) is 11.8. The van der Waals surface area contributed by atoms with Crippen molar-refractivity contribution >= 4 is 17.5 Å². The van der Waals surface area contributed by atoms with Crippen LogP contribution in [0.15, 0.2) is 30.3 Å². The van der Waals surface area contributed by atoms with Crippen molar-refractivity contribution in [3.8, 4) is 11.3 Å². The highest BCUT2D eigenvalue weighted by molar-refractivity contribution is 6.33. The lowest BCUT2D eigenvalue weighted by molar-refractivity contribution is 0.0999. The Kier molecular flexibility index (Phi) is 5.53. The first kappa shape index (κ1) is 17.6. The molecule has 0 aliphatic carbocycles. The van der Waals surface area contributed by atoms with Crippen LogP contribution in [0.2, 0.25) is 5.02 Å². The van der Waals surface area contributed by atoms with Gasteiger partial charge in [0.15, 0.2) is 0 Å². The summed E-state index contributed by atoms with van der Waals surface area (Å²) in [6.45, 7) is 8.57. The molecule has 124 valence electrons. The van der Waals surface area contributed by atoms with E-state index in [-0.39, 0.29) is 6.04 Å². The van der Waals surface area contributed by atoms with E-state index in [1.165, 1.54) is 0 Å². The molecule has 4 heteroatoms. The van der Waals surface area contributed by atoms with Crippen LogP contribution in [0.3, 0.4) is 0 Å². The molecular formula is C19H25ClN2O. The van der Waals surface area contributed by atoms with Crippen molar-refractivity contribution in [1.29, 1.82) is 0 Å². The molecule has 2 aromatic rings. The molecule has 1 unspecified atom stereocenters. The van der Waals surface area contributed by atoms with E-state index in [9.17, 15) is 4.79 Å². The second kappa shape index (κ2) is 7.22. The minimum atomic E-state index is -0.398. The van der Waals surface area contributed by atoms with Crippen molar-refractivity contribution in [2.24, 2.45) is 11.7 Å². The Morgan fingerprint density at radius 1 is 1.22 bits per heavy atom. The molecule has 1 amide bonds. The number of benzene rings is 1. The van der Waals surface area contributed by atoms with Crippen LogP contribution >= 0.6 is 11.6 Å². The van der Waals surface area contributed by atoms with E-state index in [0.29, 0.717) is 16.5 Å². The maximum absolute atomic E-state index is 11.8. The number of nitrogens with zero attached hydrogens (tertiary/aromatic N) is 1. The zero-order chi connectivity index (χ0) is 17.1. The number of carbonyl (C=O) groups is 1. The Morgan fingerprint density at radius 3 is 2.43 bits per heavy atom. The van der Waals surface area contributed by atoms with Gasteiger partial charge in [0.05, 0.1) is 11.3 Å². The first-order valence-electron chi connectivity index (χ1n) is 8.09. The molecule has 0 radical (unpaired) electrons. The number of rotatable bonds is 6. The molecule has 0 bridgehead atoms. The highest BCUT2D eigenvalue weighted by Crippen LogP contribution is 2.35. The van der Waals surface area contributed by atoms with Crippen LogP contribution in [0.4, 0.5) is 0 Å². The van der Waals surface area contributed by atoms with Crippen molar-refractivity contribution in [2.45, 2.75) is 46.6 Å². The molecular weight excluding hydrogens is 308 g/mol. The van der Waals surface area contributed by atoms with Crippen molar-refractivity contribution in [3.05, 3.63) is 46.6 Å². The largest absolute Gasteiger partial charge is 0.366 e. The summed E-state index contributed by atoms with van der Waals surface area (Å²) in [5.74, 6) is 0.248. The monoisotopic (exact) mass is 332 g/mol. The number of nitrogens with two attached hydrogens (primary N) is 1. The van der Waals surface area contributed by atoms with Gasteiger partial charge in [0, 0.05) is 22.3 Å². The zero-order valence-electron chi connectivity index (χ0n) is 14.3. The van der Waals surface area contributed by atoms with Crippen LogP contribution < -0.4 is 5.73 Å². The number of aromatic nitrogens is 1. The summed E-state index contributed by atoms with van der Waals surface area (Å²) in [6, 6.07) is 9.85. The average Bonchev–Trinajstić information content (AvgIpc) is 2.83. The minimum absolute atomic E-state index is 0.275. The predicted molar refractivity (Wildman–Crippen MR) is 96.9 cm³/mol. The standard InChI is InChI=1S/C19H25ClN2O/c1-12(2)9-10-13(3)22-14(4)16(19(21)23)11-18(22)15-7-5-6-8-17(15)20/h5-8,11-13H,9-10H2,1-4H3,(H2,21,23). The summed E-state index contributed by atoms with van der Waals surface area (Å²) in [5, 5.41) is 0.679. The van der Waals surface area contributed by atoms with E-state index in [4.69, 9.17) is 17.3 Å².